The van der Waals surface area contributed by atoms with Crippen LogP contribution in [0.5, 0.6) is 0 Å². The number of hydrogen-bond acceptors (Lipinski definition) is 2. The van der Waals surface area contributed by atoms with E-state index in [0.29, 0.717) is 5.92 Å². The average Bonchev–Trinajstić information content (AvgIpc) is 2.74. The van der Waals surface area contributed by atoms with E-state index >= 15 is 0 Å². The monoisotopic (exact) mass is 305 g/mol. The van der Waals surface area contributed by atoms with Gasteiger partial charge in [0.15, 0.2) is 4.67 Å². The smallest absolute Gasteiger partial charge is 0.169 e. The molecule has 1 aromatic heterocycles. The minimum Gasteiger partial charge on any atom is -0.452 e. The van der Waals surface area contributed by atoms with E-state index in [9.17, 15) is 0 Å². The Morgan fingerprint density at radius 2 is 1.94 bits per heavy atom. The lowest BCUT2D eigenvalue weighted by atomic mass is 9.77. The zero-order valence-corrected chi connectivity index (χ0v) is 11.7. The summed E-state index contributed by atoms with van der Waals surface area (Å²) in [6.45, 7) is 0. The summed E-state index contributed by atoms with van der Waals surface area (Å²) in [5.41, 5.74) is 8.92. The molecular formula is C15H16BrNO. The van der Waals surface area contributed by atoms with Gasteiger partial charge in [-0.2, -0.15) is 0 Å². The molecule has 0 radical (unpaired) electrons. The molecule has 1 aromatic carbocycles. The van der Waals surface area contributed by atoms with Crippen LogP contribution in [0.25, 0.3) is 0 Å². The standard InChI is InChI=1S/C15H16BrNO/c16-14-9-8-13(18-14)15(17)12-7-2-1-6-11(12)10-4-3-5-10/h1-2,6-10,15H,3-5,17H2. The molecule has 1 aliphatic rings. The predicted molar refractivity (Wildman–Crippen MR) is 75.5 cm³/mol. The summed E-state index contributed by atoms with van der Waals surface area (Å²) in [5, 5.41) is 0. The molecule has 1 atom stereocenters. The van der Waals surface area contributed by atoms with Gasteiger partial charge in [0.1, 0.15) is 5.76 Å². The maximum Gasteiger partial charge on any atom is 0.169 e. The number of rotatable bonds is 3. The third-order valence-electron chi connectivity index (χ3n) is 3.78. The number of benzene rings is 1. The van der Waals surface area contributed by atoms with Crippen LogP contribution in [0.15, 0.2) is 45.5 Å². The lowest BCUT2D eigenvalue weighted by Crippen LogP contribution is -2.17. The highest BCUT2D eigenvalue weighted by Crippen LogP contribution is 2.40. The largest absolute Gasteiger partial charge is 0.452 e. The molecule has 2 nitrogen and oxygen atoms in total. The van der Waals surface area contributed by atoms with Crippen molar-refractivity contribution >= 4 is 15.9 Å². The molecule has 0 bridgehead atoms. The molecule has 0 amide bonds. The molecular weight excluding hydrogens is 290 g/mol. The molecule has 1 aliphatic carbocycles. The number of halogens is 1. The van der Waals surface area contributed by atoms with Gasteiger partial charge in [-0.3, -0.25) is 0 Å². The Morgan fingerprint density at radius 3 is 2.56 bits per heavy atom. The summed E-state index contributed by atoms with van der Waals surface area (Å²) in [5.74, 6) is 1.50. The normalized spacial score (nSPS) is 17.4. The highest BCUT2D eigenvalue weighted by atomic mass is 79.9. The second-order valence-corrected chi connectivity index (χ2v) is 5.66. The Bertz CT molecular complexity index is 545. The van der Waals surface area contributed by atoms with Gasteiger partial charge in [0.05, 0.1) is 6.04 Å². The Labute approximate surface area is 115 Å². The van der Waals surface area contributed by atoms with E-state index in [1.807, 2.05) is 12.1 Å². The van der Waals surface area contributed by atoms with Crippen molar-refractivity contribution in [3.8, 4) is 0 Å². The van der Waals surface area contributed by atoms with Crippen molar-refractivity contribution in [2.45, 2.75) is 31.2 Å². The van der Waals surface area contributed by atoms with Crippen LogP contribution in [0.1, 0.15) is 48.1 Å². The fourth-order valence-corrected chi connectivity index (χ4v) is 2.85. The van der Waals surface area contributed by atoms with Crippen molar-refractivity contribution in [3.05, 3.63) is 58.0 Å². The summed E-state index contributed by atoms with van der Waals surface area (Å²) in [7, 11) is 0. The van der Waals surface area contributed by atoms with Crippen molar-refractivity contribution in [1.82, 2.24) is 0 Å². The fourth-order valence-electron chi connectivity index (χ4n) is 2.53. The molecule has 3 heteroatoms. The highest BCUT2D eigenvalue weighted by Gasteiger charge is 2.25. The lowest BCUT2D eigenvalue weighted by Gasteiger charge is -2.29. The number of furan rings is 1. The van der Waals surface area contributed by atoms with E-state index in [-0.39, 0.29) is 6.04 Å². The van der Waals surface area contributed by atoms with Gasteiger partial charge in [0.25, 0.3) is 0 Å². The molecule has 0 spiro atoms. The summed E-state index contributed by atoms with van der Waals surface area (Å²) < 4.78 is 6.31. The van der Waals surface area contributed by atoms with Gasteiger partial charge in [0, 0.05) is 0 Å². The zero-order valence-electron chi connectivity index (χ0n) is 10.1. The van der Waals surface area contributed by atoms with Crippen LogP contribution in [0.4, 0.5) is 0 Å². The summed E-state index contributed by atoms with van der Waals surface area (Å²) in [6.07, 6.45) is 3.90. The van der Waals surface area contributed by atoms with Crippen LogP contribution >= 0.6 is 15.9 Å². The first-order valence-corrected chi connectivity index (χ1v) is 7.14. The maximum absolute atomic E-state index is 6.33. The molecule has 0 saturated heterocycles. The Hall–Kier alpha value is -1.06. The second kappa shape index (κ2) is 4.90. The quantitative estimate of drug-likeness (QED) is 0.915. The summed E-state index contributed by atoms with van der Waals surface area (Å²) in [6, 6.07) is 12.1. The molecule has 94 valence electrons. The predicted octanol–water partition coefficient (Wildman–Crippen LogP) is 4.36. The molecule has 2 N–H and O–H groups in total. The van der Waals surface area contributed by atoms with Gasteiger partial charge >= 0.3 is 0 Å². The summed E-state index contributed by atoms with van der Waals surface area (Å²) in [4.78, 5) is 0. The lowest BCUT2D eigenvalue weighted by molar-refractivity contribution is 0.412. The zero-order chi connectivity index (χ0) is 12.5. The van der Waals surface area contributed by atoms with Gasteiger partial charge in [-0.05, 0) is 57.9 Å². The van der Waals surface area contributed by atoms with Gasteiger partial charge < -0.3 is 10.2 Å². The van der Waals surface area contributed by atoms with Gasteiger partial charge in [-0.1, -0.05) is 30.7 Å². The van der Waals surface area contributed by atoms with Crippen molar-refractivity contribution in [2.75, 3.05) is 0 Å². The topological polar surface area (TPSA) is 39.2 Å². The SMILES string of the molecule is NC(c1ccc(Br)o1)c1ccccc1C1CCC1. The molecule has 1 fully saturated rings. The van der Waals surface area contributed by atoms with Crippen LogP contribution in [0.3, 0.4) is 0 Å². The average molecular weight is 306 g/mol. The highest BCUT2D eigenvalue weighted by molar-refractivity contribution is 9.10. The van der Waals surface area contributed by atoms with Crippen molar-refractivity contribution in [1.29, 1.82) is 0 Å². The molecule has 2 aromatic rings. The minimum atomic E-state index is -0.173. The van der Waals surface area contributed by atoms with Crippen molar-refractivity contribution in [3.63, 3.8) is 0 Å². The van der Waals surface area contributed by atoms with Gasteiger partial charge in [0.2, 0.25) is 0 Å². The van der Waals surface area contributed by atoms with Crippen LogP contribution in [-0.2, 0) is 0 Å². The molecule has 1 saturated carbocycles. The van der Waals surface area contributed by atoms with E-state index in [4.69, 9.17) is 10.2 Å². The second-order valence-electron chi connectivity index (χ2n) is 4.88. The van der Waals surface area contributed by atoms with E-state index in [0.717, 1.165) is 10.4 Å². The van der Waals surface area contributed by atoms with Crippen LogP contribution < -0.4 is 5.73 Å². The summed E-state index contributed by atoms with van der Waals surface area (Å²) >= 11 is 3.32. The Kier molecular flexibility index (Phi) is 3.27. The molecule has 3 rings (SSSR count). The van der Waals surface area contributed by atoms with E-state index in [2.05, 4.69) is 40.2 Å². The third-order valence-corrected chi connectivity index (χ3v) is 4.20. The number of hydrogen-bond donors (Lipinski definition) is 1. The van der Waals surface area contributed by atoms with Gasteiger partial charge in [-0.25, -0.2) is 0 Å². The first-order valence-electron chi connectivity index (χ1n) is 6.35. The van der Waals surface area contributed by atoms with Crippen LogP contribution in [-0.4, -0.2) is 0 Å². The Balaban J connectivity index is 1.95. The first-order chi connectivity index (χ1) is 8.75. The third kappa shape index (κ3) is 2.13. The number of nitrogens with two attached hydrogens (primary N) is 1. The molecule has 1 heterocycles. The van der Waals surface area contributed by atoms with Gasteiger partial charge in [-0.15, -0.1) is 0 Å². The van der Waals surface area contributed by atoms with Crippen LogP contribution in [0, 0.1) is 0 Å². The van der Waals surface area contributed by atoms with Crippen molar-refractivity contribution in [2.24, 2.45) is 5.73 Å². The van der Waals surface area contributed by atoms with E-state index in [1.165, 1.54) is 30.4 Å². The van der Waals surface area contributed by atoms with E-state index in [1.54, 1.807) is 0 Å². The molecule has 18 heavy (non-hydrogen) atoms. The van der Waals surface area contributed by atoms with E-state index < -0.39 is 0 Å². The Morgan fingerprint density at radius 1 is 1.17 bits per heavy atom. The molecule has 0 aliphatic heterocycles. The van der Waals surface area contributed by atoms with Crippen LogP contribution in [0.2, 0.25) is 0 Å². The van der Waals surface area contributed by atoms with Crippen molar-refractivity contribution < 1.29 is 4.42 Å². The first kappa shape index (κ1) is 12.0. The minimum absolute atomic E-state index is 0.173. The molecule has 1 unspecified atom stereocenters. The fraction of sp³-hybridized carbons (Fsp3) is 0.333. The maximum atomic E-state index is 6.33.